The van der Waals surface area contributed by atoms with Crippen molar-refractivity contribution in [3.63, 3.8) is 0 Å². The summed E-state index contributed by atoms with van der Waals surface area (Å²) in [6.07, 6.45) is 3.89. The molecule has 6 nitrogen and oxygen atoms in total. The van der Waals surface area contributed by atoms with Crippen LogP contribution in [0.4, 0.5) is 0 Å². The van der Waals surface area contributed by atoms with Gasteiger partial charge in [0.05, 0.1) is 31.7 Å². The highest BCUT2D eigenvalue weighted by molar-refractivity contribution is 5.79. The van der Waals surface area contributed by atoms with Crippen molar-refractivity contribution in [1.29, 1.82) is 0 Å². The van der Waals surface area contributed by atoms with E-state index in [9.17, 15) is 4.79 Å². The number of hydrogen-bond donors (Lipinski definition) is 0. The standard InChI is InChI=1S/C28H30N2O4/c1-32-22-13-11-21(12-14-22)27-29-26-10-6-5-9-25(26)28(31)30(27)19-7-3-4-8-20-34-24-17-15-23(33-2)16-18-24/h5-6,9-18H,3-4,7-8,19-20H2,1-2H3. The number of aromatic nitrogens is 2. The van der Waals surface area contributed by atoms with Crippen LogP contribution in [0, 0.1) is 0 Å². The lowest BCUT2D eigenvalue weighted by atomic mass is 10.1. The van der Waals surface area contributed by atoms with Gasteiger partial charge in [-0.15, -0.1) is 0 Å². The van der Waals surface area contributed by atoms with Gasteiger partial charge in [-0.2, -0.15) is 0 Å². The van der Waals surface area contributed by atoms with Crippen molar-refractivity contribution in [2.24, 2.45) is 0 Å². The topological polar surface area (TPSA) is 62.6 Å². The van der Waals surface area contributed by atoms with E-state index in [0.29, 0.717) is 29.9 Å². The van der Waals surface area contributed by atoms with Crippen molar-refractivity contribution in [3.05, 3.63) is 83.2 Å². The van der Waals surface area contributed by atoms with Gasteiger partial charge in [-0.25, -0.2) is 4.98 Å². The third-order valence-corrected chi connectivity index (χ3v) is 5.81. The molecule has 0 aliphatic carbocycles. The van der Waals surface area contributed by atoms with E-state index < -0.39 is 0 Å². The molecule has 0 bridgehead atoms. The van der Waals surface area contributed by atoms with E-state index in [4.69, 9.17) is 19.2 Å². The van der Waals surface area contributed by atoms with Gasteiger partial charge in [0.1, 0.15) is 23.1 Å². The Kier molecular flexibility index (Phi) is 7.81. The van der Waals surface area contributed by atoms with Crippen LogP contribution in [0.2, 0.25) is 0 Å². The zero-order chi connectivity index (χ0) is 23.8. The Labute approximate surface area is 199 Å². The average molecular weight is 459 g/mol. The minimum atomic E-state index is -0.000688. The van der Waals surface area contributed by atoms with Gasteiger partial charge < -0.3 is 14.2 Å². The first-order valence-electron chi connectivity index (χ1n) is 11.6. The number of benzene rings is 3. The number of nitrogens with zero attached hydrogens (tertiary/aromatic N) is 2. The molecule has 34 heavy (non-hydrogen) atoms. The zero-order valence-electron chi connectivity index (χ0n) is 19.7. The average Bonchev–Trinajstić information content (AvgIpc) is 2.89. The van der Waals surface area contributed by atoms with E-state index in [1.54, 1.807) is 18.8 Å². The van der Waals surface area contributed by atoms with Crippen LogP contribution in [0.5, 0.6) is 17.2 Å². The van der Waals surface area contributed by atoms with E-state index >= 15 is 0 Å². The Balaban J connectivity index is 1.38. The quantitative estimate of drug-likeness (QED) is 0.269. The molecule has 4 aromatic rings. The van der Waals surface area contributed by atoms with E-state index in [0.717, 1.165) is 48.5 Å². The first-order valence-corrected chi connectivity index (χ1v) is 11.6. The third kappa shape index (κ3) is 5.57. The maximum absolute atomic E-state index is 13.3. The Bertz CT molecular complexity index is 1260. The summed E-state index contributed by atoms with van der Waals surface area (Å²) in [5, 5.41) is 0.646. The summed E-state index contributed by atoms with van der Waals surface area (Å²) in [5.41, 5.74) is 1.61. The summed E-state index contributed by atoms with van der Waals surface area (Å²) in [4.78, 5) is 18.1. The van der Waals surface area contributed by atoms with E-state index in [-0.39, 0.29) is 5.56 Å². The molecule has 1 heterocycles. The van der Waals surface area contributed by atoms with Crippen LogP contribution >= 0.6 is 0 Å². The summed E-state index contributed by atoms with van der Waals surface area (Å²) < 4.78 is 18.0. The number of rotatable bonds is 11. The second-order valence-corrected chi connectivity index (χ2v) is 8.08. The van der Waals surface area contributed by atoms with Crippen molar-refractivity contribution in [2.45, 2.75) is 32.2 Å². The molecule has 0 atom stereocenters. The van der Waals surface area contributed by atoms with Gasteiger partial charge in [-0.1, -0.05) is 25.0 Å². The van der Waals surface area contributed by atoms with Crippen molar-refractivity contribution in [2.75, 3.05) is 20.8 Å². The van der Waals surface area contributed by atoms with Gasteiger partial charge in [-0.3, -0.25) is 9.36 Å². The Hall–Kier alpha value is -3.80. The molecule has 176 valence electrons. The molecule has 3 aromatic carbocycles. The van der Waals surface area contributed by atoms with E-state index in [1.807, 2.05) is 72.8 Å². The predicted octanol–water partition coefficient (Wildman–Crippen LogP) is 5.72. The van der Waals surface area contributed by atoms with Gasteiger partial charge in [0.25, 0.3) is 5.56 Å². The molecule has 1 aromatic heterocycles. The molecule has 4 rings (SSSR count). The van der Waals surface area contributed by atoms with Crippen molar-refractivity contribution >= 4 is 10.9 Å². The highest BCUT2D eigenvalue weighted by Gasteiger charge is 2.12. The summed E-state index contributed by atoms with van der Waals surface area (Å²) in [6.45, 7) is 1.29. The molecule has 6 heteroatoms. The zero-order valence-corrected chi connectivity index (χ0v) is 19.7. The summed E-state index contributed by atoms with van der Waals surface area (Å²) >= 11 is 0. The number of para-hydroxylation sites is 1. The summed E-state index contributed by atoms with van der Waals surface area (Å²) in [6, 6.07) is 22.8. The molecule has 0 radical (unpaired) electrons. The fourth-order valence-electron chi connectivity index (χ4n) is 3.92. The lowest BCUT2D eigenvalue weighted by molar-refractivity contribution is 0.303. The van der Waals surface area contributed by atoms with Crippen LogP contribution < -0.4 is 19.8 Å². The molecule has 0 aliphatic heterocycles. The van der Waals surface area contributed by atoms with Crippen molar-refractivity contribution < 1.29 is 14.2 Å². The second kappa shape index (κ2) is 11.4. The lowest BCUT2D eigenvalue weighted by Gasteiger charge is -2.14. The molecule has 0 amide bonds. The Morgan fingerprint density at radius 3 is 2.06 bits per heavy atom. The molecular formula is C28H30N2O4. The SMILES string of the molecule is COc1ccc(OCCCCCCn2c(-c3ccc(OC)cc3)nc3ccccc3c2=O)cc1. The third-order valence-electron chi connectivity index (χ3n) is 5.81. The van der Waals surface area contributed by atoms with Crippen LogP contribution in [-0.2, 0) is 6.54 Å². The minimum Gasteiger partial charge on any atom is -0.497 e. The summed E-state index contributed by atoms with van der Waals surface area (Å²) in [5.74, 6) is 3.13. The van der Waals surface area contributed by atoms with E-state index in [2.05, 4.69) is 0 Å². The molecule has 0 N–H and O–H groups in total. The maximum atomic E-state index is 13.3. The molecule has 0 saturated carbocycles. The predicted molar refractivity (Wildman–Crippen MR) is 135 cm³/mol. The molecule has 0 fully saturated rings. The minimum absolute atomic E-state index is 0.000688. The highest BCUT2D eigenvalue weighted by Crippen LogP contribution is 2.23. The largest absolute Gasteiger partial charge is 0.497 e. The molecule has 0 saturated heterocycles. The first kappa shape index (κ1) is 23.4. The molecule has 0 unspecified atom stereocenters. The smallest absolute Gasteiger partial charge is 0.261 e. The maximum Gasteiger partial charge on any atom is 0.261 e. The normalized spacial score (nSPS) is 10.9. The number of fused-ring (bicyclic) bond motifs is 1. The first-order chi connectivity index (χ1) is 16.7. The van der Waals surface area contributed by atoms with Gasteiger partial charge >= 0.3 is 0 Å². The van der Waals surface area contributed by atoms with Crippen LogP contribution in [0.25, 0.3) is 22.3 Å². The number of ether oxygens (including phenoxy) is 3. The van der Waals surface area contributed by atoms with Crippen molar-refractivity contribution in [3.8, 4) is 28.6 Å². The molecule has 0 spiro atoms. The van der Waals surface area contributed by atoms with Gasteiger partial charge in [0, 0.05) is 12.1 Å². The number of unbranched alkanes of at least 4 members (excludes halogenated alkanes) is 3. The van der Waals surface area contributed by atoms with Gasteiger partial charge in [0.2, 0.25) is 0 Å². The van der Waals surface area contributed by atoms with Crippen LogP contribution in [0.15, 0.2) is 77.6 Å². The fraction of sp³-hybridized carbons (Fsp3) is 0.286. The fourth-order valence-corrected chi connectivity index (χ4v) is 3.92. The second-order valence-electron chi connectivity index (χ2n) is 8.08. The molecule has 0 aliphatic rings. The lowest BCUT2D eigenvalue weighted by Crippen LogP contribution is -2.23. The Morgan fingerprint density at radius 1 is 0.735 bits per heavy atom. The van der Waals surface area contributed by atoms with Gasteiger partial charge in [0.15, 0.2) is 0 Å². The van der Waals surface area contributed by atoms with Crippen LogP contribution in [0.1, 0.15) is 25.7 Å². The van der Waals surface area contributed by atoms with Crippen molar-refractivity contribution in [1.82, 2.24) is 9.55 Å². The van der Waals surface area contributed by atoms with Crippen LogP contribution in [-0.4, -0.2) is 30.4 Å². The van der Waals surface area contributed by atoms with Gasteiger partial charge in [-0.05, 0) is 73.5 Å². The van der Waals surface area contributed by atoms with Crippen LogP contribution in [0.3, 0.4) is 0 Å². The monoisotopic (exact) mass is 458 g/mol. The molecular weight excluding hydrogens is 428 g/mol. The number of hydrogen-bond acceptors (Lipinski definition) is 5. The Morgan fingerprint density at radius 2 is 1.35 bits per heavy atom. The highest BCUT2D eigenvalue weighted by atomic mass is 16.5. The number of methoxy groups -OCH3 is 2. The summed E-state index contributed by atoms with van der Waals surface area (Å²) in [7, 11) is 3.29. The van der Waals surface area contributed by atoms with E-state index in [1.165, 1.54) is 0 Å².